The smallest absolute Gasteiger partial charge is 0.416 e. The summed E-state index contributed by atoms with van der Waals surface area (Å²) < 4.78 is 101. The van der Waals surface area contributed by atoms with Gasteiger partial charge >= 0.3 is 12.3 Å². The third-order valence-corrected chi connectivity index (χ3v) is 9.18. The fourth-order valence-electron chi connectivity index (χ4n) is 4.73. The van der Waals surface area contributed by atoms with Crippen LogP contribution in [0.25, 0.3) is 0 Å². The number of nitrogens with one attached hydrogen (secondary N) is 1. The molecule has 2 N–H and O–H groups in total. The van der Waals surface area contributed by atoms with Crippen LogP contribution in [0.1, 0.15) is 54.2 Å². The Bertz CT molecular complexity index is 1570. The van der Waals surface area contributed by atoms with Gasteiger partial charge in [-0.15, -0.1) is 0 Å². The van der Waals surface area contributed by atoms with Crippen LogP contribution in [0.5, 0.6) is 5.75 Å². The number of benzene rings is 2. The van der Waals surface area contributed by atoms with Crippen molar-refractivity contribution in [3.8, 4) is 5.75 Å². The first-order chi connectivity index (χ1) is 21.7. The number of amides is 1. The van der Waals surface area contributed by atoms with E-state index in [9.17, 15) is 40.3 Å². The normalized spacial score (nSPS) is 18.0. The quantitative estimate of drug-likeness (QED) is 0.246. The molecule has 46 heavy (non-hydrogen) atoms. The highest BCUT2D eigenvalue weighted by molar-refractivity contribution is 7.91. The first-order valence-electron chi connectivity index (χ1n) is 14.3. The van der Waals surface area contributed by atoms with Crippen molar-refractivity contribution in [1.82, 2.24) is 15.3 Å². The van der Waals surface area contributed by atoms with Gasteiger partial charge in [0.2, 0.25) is 5.95 Å². The van der Waals surface area contributed by atoms with E-state index >= 15 is 0 Å². The van der Waals surface area contributed by atoms with Crippen LogP contribution in [-0.2, 0) is 20.8 Å². The van der Waals surface area contributed by atoms with Gasteiger partial charge in [0.15, 0.2) is 9.84 Å². The number of aromatic nitrogens is 2. The average molecular weight is 673 g/mol. The first-order valence-corrected chi connectivity index (χ1v) is 16.0. The summed E-state index contributed by atoms with van der Waals surface area (Å²) in [5.41, 5.74) is -0.357. The molecular formula is C30H33F5N4O6S. The molecule has 0 saturated carbocycles. The number of hydrogen-bond acceptors (Lipinski definition) is 9. The molecule has 1 fully saturated rings. The number of carbonyl (C=O) groups is 1. The van der Waals surface area contributed by atoms with Crippen molar-refractivity contribution in [1.29, 1.82) is 0 Å². The molecule has 3 atom stereocenters. The van der Waals surface area contributed by atoms with Crippen molar-refractivity contribution in [2.75, 3.05) is 30.4 Å². The van der Waals surface area contributed by atoms with Gasteiger partial charge in [-0.25, -0.2) is 18.4 Å². The zero-order valence-corrected chi connectivity index (χ0v) is 25.7. The number of nitrogens with zero attached hydrogens (tertiary/aromatic N) is 3. The van der Waals surface area contributed by atoms with E-state index in [0.29, 0.717) is 5.56 Å². The minimum atomic E-state index is -4.51. The van der Waals surface area contributed by atoms with Crippen molar-refractivity contribution in [2.45, 2.75) is 62.1 Å². The fourth-order valence-corrected chi connectivity index (χ4v) is 5.62. The van der Waals surface area contributed by atoms with Crippen LogP contribution in [0.15, 0.2) is 65.8 Å². The summed E-state index contributed by atoms with van der Waals surface area (Å²) in [6.07, 6.45) is -6.48. The molecule has 1 amide bonds. The summed E-state index contributed by atoms with van der Waals surface area (Å²) in [6, 6.07) is 8.32. The zero-order valence-electron chi connectivity index (χ0n) is 24.9. The summed E-state index contributed by atoms with van der Waals surface area (Å²) in [5, 5.41) is 12.5. The summed E-state index contributed by atoms with van der Waals surface area (Å²) in [5.74, 6) is -0.476. The van der Waals surface area contributed by atoms with Crippen LogP contribution in [0.3, 0.4) is 0 Å². The van der Waals surface area contributed by atoms with Crippen molar-refractivity contribution in [2.24, 2.45) is 0 Å². The lowest BCUT2D eigenvalue weighted by molar-refractivity contribution is -0.241. The second-order valence-corrected chi connectivity index (χ2v) is 12.8. The number of hydrogen-bond donors (Lipinski definition) is 2. The largest absolute Gasteiger partial charge is 0.489 e. The summed E-state index contributed by atoms with van der Waals surface area (Å²) in [6.45, 7) is 1.97. The Labute approximate surface area is 262 Å². The number of halogens is 5. The van der Waals surface area contributed by atoms with Gasteiger partial charge in [0, 0.05) is 25.2 Å². The van der Waals surface area contributed by atoms with E-state index in [1.54, 1.807) is 4.90 Å². The van der Waals surface area contributed by atoms with Crippen LogP contribution in [-0.4, -0.2) is 73.2 Å². The molecule has 3 aromatic rings. The molecule has 0 spiro atoms. The van der Waals surface area contributed by atoms with Crippen molar-refractivity contribution in [3.63, 3.8) is 0 Å². The number of rotatable bonds is 13. The minimum Gasteiger partial charge on any atom is -0.489 e. The lowest BCUT2D eigenvalue weighted by Gasteiger charge is -2.26. The predicted octanol–water partition coefficient (Wildman–Crippen LogP) is 4.80. The monoisotopic (exact) mass is 672 g/mol. The van der Waals surface area contributed by atoms with E-state index in [4.69, 9.17) is 9.47 Å². The molecule has 2 aromatic carbocycles. The second-order valence-electron chi connectivity index (χ2n) is 10.6. The Morgan fingerprint density at radius 3 is 2.22 bits per heavy atom. The molecule has 1 saturated heterocycles. The average Bonchev–Trinajstić information content (AvgIpc) is 3.45. The van der Waals surface area contributed by atoms with Gasteiger partial charge in [-0.05, 0) is 42.0 Å². The molecule has 0 radical (unpaired) electrons. The maximum absolute atomic E-state index is 13.9. The van der Waals surface area contributed by atoms with Crippen LogP contribution >= 0.6 is 0 Å². The third-order valence-electron chi connectivity index (χ3n) is 7.43. The van der Waals surface area contributed by atoms with Crippen LogP contribution in [0.2, 0.25) is 0 Å². The Kier molecular flexibility index (Phi) is 10.8. The highest BCUT2D eigenvalue weighted by Gasteiger charge is 2.38. The first kappa shape index (κ1) is 35.0. The topological polar surface area (TPSA) is 131 Å². The van der Waals surface area contributed by atoms with E-state index in [1.807, 2.05) is 0 Å². The number of ether oxygens (including phenoxy) is 2. The van der Waals surface area contributed by atoms with Gasteiger partial charge in [0.1, 0.15) is 11.9 Å². The number of anilines is 1. The molecule has 0 bridgehead atoms. The van der Waals surface area contributed by atoms with Gasteiger partial charge in [0.05, 0.1) is 53.6 Å². The van der Waals surface area contributed by atoms with Gasteiger partial charge in [0.25, 0.3) is 5.91 Å². The minimum absolute atomic E-state index is 0.0226. The van der Waals surface area contributed by atoms with Gasteiger partial charge in [-0.2, -0.15) is 22.0 Å². The number of carbonyl (C=O) groups excluding carboxylic acids is 1. The Morgan fingerprint density at radius 2 is 1.67 bits per heavy atom. The standard InChI is InChI=1S/C30H33F5N4O6S/c1-3-29(31,32)44-18-22-13-24(45-23-9-7-21(8-10-23)30(33,34)35)16-39(22)28-36-14-20(15-37-28)27(41)38-26(17-40)19-5-11-25(12-6-19)46(42,43)4-2/h5-12,14-15,22,24,26,40H,3-4,13,16-18H2,1-2H3,(H,38,41)/t22-,24+,26-/m0/s1. The Balaban J connectivity index is 1.46. The Hall–Kier alpha value is -3.89. The van der Waals surface area contributed by atoms with Crippen LogP contribution in [0.4, 0.5) is 27.9 Å². The lowest BCUT2D eigenvalue weighted by atomic mass is 10.1. The number of aliphatic hydroxyl groups excluding tert-OH is 1. The molecule has 0 unspecified atom stereocenters. The Morgan fingerprint density at radius 1 is 1.04 bits per heavy atom. The van der Waals surface area contributed by atoms with E-state index < -0.39 is 71.4 Å². The van der Waals surface area contributed by atoms with Gasteiger partial charge < -0.3 is 24.8 Å². The lowest BCUT2D eigenvalue weighted by Crippen LogP contribution is -2.37. The number of sulfone groups is 1. The molecule has 1 aliphatic rings. The highest BCUT2D eigenvalue weighted by Crippen LogP contribution is 2.32. The SMILES string of the molecule is CCC(F)(F)OC[C@@H]1C[C@@H](Oc2ccc(C(F)(F)F)cc2)CN1c1ncc(C(=O)N[C@@H](CO)c2ccc(S(=O)(=O)CC)cc2)cn1. The zero-order chi connectivity index (χ0) is 33.7. The fraction of sp³-hybridized carbons (Fsp3) is 0.433. The maximum Gasteiger partial charge on any atom is 0.416 e. The van der Waals surface area contributed by atoms with E-state index in [-0.39, 0.29) is 40.9 Å². The van der Waals surface area contributed by atoms with Crippen LogP contribution in [0, 0.1) is 0 Å². The van der Waals surface area contributed by atoms with Crippen molar-refractivity contribution >= 4 is 21.7 Å². The van der Waals surface area contributed by atoms with Gasteiger partial charge in [-0.3, -0.25) is 4.79 Å². The predicted molar refractivity (Wildman–Crippen MR) is 156 cm³/mol. The van der Waals surface area contributed by atoms with Crippen LogP contribution < -0.4 is 15.0 Å². The third kappa shape index (κ3) is 8.67. The molecule has 1 aliphatic heterocycles. The van der Waals surface area contributed by atoms with Crippen molar-refractivity contribution < 1.29 is 49.7 Å². The van der Waals surface area contributed by atoms with E-state index in [0.717, 1.165) is 12.1 Å². The highest BCUT2D eigenvalue weighted by atomic mass is 32.2. The summed E-state index contributed by atoms with van der Waals surface area (Å²) in [7, 11) is -3.43. The summed E-state index contributed by atoms with van der Waals surface area (Å²) in [4.78, 5) is 23.1. The molecule has 10 nitrogen and oxygen atoms in total. The second kappa shape index (κ2) is 14.3. The van der Waals surface area contributed by atoms with Gasteiger partial charge in [-0.1, -0.05) is 26.0 Å². The molecule has 16 heteroatoms. The summed E-state index contributed by atoms with van der Waals surface area (Å²) >= 11 is 0. The molecule has 2 heterocycles. The van der Waals surface area contributed by atoms with Crippen molar-refractivity contribution in [3.05, 3.63) is 77.6 Å². The molecule has 4 rings (SSSR count). The molecule has 250 valence electrons. The van der Waals surface area contributed by atoms with E-state index in [2.05, 4.69) is 15.3 Å². The van der Waals surface area contributed by atoms with E-state index in [1.165, 1.54) is 62.6 Å². The number of alkyl halides is 5. The molecular weight excluding hydrogens is 639 g/mol. The number of aliphatic hydroxyl groups is 1. The molecule has 1 aromatic heterocycles. The maximum atomic E-state index is 13.9. The molecule has 0 aliphatic carbocycles.